The predicted octanol–water partition coefficient (Wildman–Crippen LogP) is 2.13. The van der Waals surface area contributed by atoms with Gasteiger partial charge in [-0.3, -0.25) is 4.79 Å². The molecule has 6 heteroatoms. The van der Waals surface area contributed by atoms with Gasteiger partial charge < -0.3 is 15.0 Å². The van der Waals surface area contributed by atoms with Crippen molar-refractivity contribution in [2.75, 3.05) is 0 Å². The Balaban J connectivity index is 2.55. The van der Waals surface area contributed by atoms with E-state index in [1.165, 1.54) is 6.07 Å². The van der Waals surface area contributed by atoms with Crippen LogP contribution in [0.2, 0.25) is 0 Å². The summed E-state index contributed by atoms with van der Waals surface area (Å²) in [4.78, 5) is 27.8. The monoisotopic (exact) mass is 289 g/mol. The first-order chi connectivity index (χ1) is 9.82. The van der Waals surface area contributed by atoms with Crippen molar-refractivity contribution < 1.29 is 14.7 Å². The van der Waals surface area contributed by atoms with Crippen LogP contribution in [0.4, 0.5) is 0 Å². The molecule has 1 heterocycles. The highest BCUT2D eigenvalue weighted by molar-refractivity contribution is 6.01. The van der Waals surface area contributed by atoms with Gasteiger partial charge in [0, 0.05) is 6.04 Å². The Bertz CT molecular complexity index is 703. The van der Waals surface area contributed by atoms with E-state index in [1.54, 1.807) is 30.5 Å². The summed E-state index contributed by atoms with van der Waals surface area (Å²) >= 11 is 0. The van der Waals surface area contributed by atoms with Gasteiger partial charge in [0.2, 0.25) is 5.91 Å². The van der Waals surface area contributed by atoms with E-state index < -0.39 is 12.0 Å². The number of hydrogen-bond donors (Lipinski definition) is 2. The number of hydrogen-bond acceptors (Lipinski definition) is 3. The van der Waals surface area contributed by atoms with Crippen LogP contribution >= 0.6 is 0 Å². The molecule has 0 radical (unpaired) electrons. The highest BCUT2D eigenvalue weighted by Crippen LogP contribution is 2.24. The molecule has 2 aromatic rings. The Hall–Kier alpha value is -2.37. The first-order valence-electron chi connectivity index (χ1n) is 6.84. The van der Waals surface area contributed by atoms with Crippen LogP contribution in [0.15, 0.2) is 18.2 Å². The molecular formula is C15H19N3O3. The Morgan fingerprint density at radius 2 is 1.95 bits per heavy atom. The summed E-state index contributed by atoms with van der Waals surface area (Å²) in [6.45, 7) is 7.34. The average molecular weight is 289 g/mol. The molecule has 0 bridgehead atoms. The maximum absolute atomic E-state index is 12.2. The summed E-state index contributed by atoms with van der Waals surface area (Å²) in [6, 6.07) is 4.55. The number of aryl methyl sites for hydroxylation is 1. The second kappa shape index (κ2) is 5.55. The van der Waals surface area contributed by atoms with Gasteiger partial charge in [-0.15, -0.1) is 0 Å². The van der Waals surface area contributed by atoms with Gasteiger partial charge in [0.25, 0.3) is 0 Å². The summed E-state index contributed by atoms with van der Waals surface area (Å²) in [6.07, 6.45) is 0. The molecule has 1 aromatic heterocycles. The Morgan fingerprint density at radius 3 is 2.52 bits per heavy atom. The van der Waals surface area contributed by atoms with Crippen molar-refractivity contribution in [2.45, 2.75) is 39.8 Å². The van der Waals surface area contributed by atoms with Crippen molar-refractivity contribution in [2.24, 2.45) is 0 Å². The standard InChI is InChI=1S/C15H19N3O3/c1-8(2)16-14(19)9(3)18-10(4)17-13-11(15(20)21)6-5-7-12(13)18/h5-9H,1-4H3,(H,16,19)(H,20,21). The van der Waals surface area contributed by atoms with Crippen molar-refractivity contribution in [3.8, 4) is 0 Å². The molecule has 21 heavy (non-hydrogen) atoms. The van der Waals surface area contributed by atoms with E-state index >= 15 is 0 Å². The largest absolute Gasteiger partial charge is 0.478 e. The number of carboxylic acid groups (broad SMARTS) is 1. The number of carbonyl (C=O) groups is 2. The second-order valence-electron chi connectivity index (χ2n) is 5.35. The molecule has 1 amide bonds. The summed E-state index contributed by atoms with van der Waals surface area (Å²) in [5, 5.41) is 12.1. The molecule has 6 nitrogen and oxygen atoms in total. The predicted molar refractivity (Wildman–Crippen MR) is 79.4 cm³/mol. The molecule has 2 rings (SSSR count). The number of rotatable bonds is 4. The number of para-hydroxylation sites is 1. The van der Waals surface area contributed by atoms with Crippen LogP contribution in [0.25, 0.3) is 11.0 Å². The SMILES string of the molecule is Cc1nc2c(C(=O)O)cccc2n1C(C)C(=O)NC(C)C. The molecular weight excluding hydrogens is 270 g/mol. The van der Waals surface area contributed by atoms with Crippen LogP contribution < -0.4 is 5.32 Å². The average Bonchev–Trinajstić information content (AvgIpc) is 2.72. The maximum atomic E-state index is 12.2. The molecule has 0 aliphatic carbocycles. The van der Waals surface area contributed by atoms with Crippen LogP contribution in [-0.4, -0.2) is 32.6 Å². The molecule has 1 aromatic carbocycles. The van der Waals surface area contributed by atoms with Gasteiger partial charge in [0.1, 0.15) is 17.4 Å². The zero-order valence-corrected chi connectivity index (χ0v) is 12.5. The van der Waals surface area contributed by atoms with Gasteiger partial charge >= 0.3 is 5.97 Å². The third-order valence-corrected chi connectivity index (χ3v) is 3.32. The Morgan fingerprint density at radius 1 is 1.29 bits per heavy atom. The number of amides is 1. The number of aromatic carboxylic acids is 1. The minimum absolute atomic E-state index is 0.0459. The number of carboxylic acids is 1. The summed E-state index contributed by atoms with van der Waals surface area (Å²) < 4.78 is 1.76. The minimum Gasteiger partial charge on any atom is -0.478 e. The van der Waals surface area contributed by atoms with Crippen molar-refractivity contribution >= 4 is 22.9 Å². The van der Waals surface area contributed by atoms with E-state index in [9.17, 15) is 14.7 Å². The van der Waals surface area contributed by atoms with Gasteiger partial charge in [-0.25, -0.2) is 9.78 Å². The Kier molecular flexibility index (Phi) is 3.97. The second-order valence-corrected chi connectivity index (χ2v) is 5.35. The molecule has 2 N–H and O–H groups in total. The van der Waals surface area contributed by atoms with E-state index in [2.05, 4.69) is 10.3 Å². The summed E-state index contributed by atoms with van der Waals surface area (Å²) in [5.74, 6) is -0.525. The van der Waals surface area contributed by atoms with Gasteiger partial charge in [-0.2, -0.15) is 0 Å². The van der Waals surface area contributed by atoms with Crippen molar-refractivity contribution in [3.63, 3.8) is 0 Å². The van der Waals surface area contributed by atoms with Crippen molar-refractivity contribution in [1.29, 1.82) is 0 Å². The molecule has 0 spiro atoms. The van der Waals surface area contributed by atoms with Crippen LogP contribution in [-0.2, 0) is 4.79 Å². The lowest BCUT2D eigenvalue weighted by Gasteiger charge is -2.18. The smallest absolute Gasteiger partial charge is 0.337 e. The molecule has 0 aliphatic rings. The number of carbonyl (C=O) groups excluding carboxylic acids is 1. The summed E-state index contributed by atoms with van der Waals surface area (Å²) in [7, 11) is 0. The number of benzene rings is 1. The van der Waals surface area contributed by atoms with Crippen LogP contribution in [0.5, 0.6) is 0 Å². The quantitative estimate of drug-likeness (QED) is 0.903. The normalized spacial score (nSPS) is 12.6. The number of nitrogens with one attached hydrogen (secondary N) is 1. The topological polar surface area (TPSA) is 84.2 Å². The van der Waals surface area contributed by atoms with Gasteiger partial charge in [0.05, 0.1) is 11.1 Å². The summed E-state index contributed by atoms with van der Waals surface area (Å²) in [5.41, 5.74) is 1.20. The number of nitrogens with zero attached hydrogens (tertiary/aromatic N) is 2. The van der Waals surface area contributed by atoms with Gasteiger partial charge in [0.15, 0.2) is 0 Å². The van der Waals surface area contributed by atoms with Crippen LogP contribution in [0.1, 0.15) is 43.0 Å². The lowest BCUT2D eigenvalue weighted by atomic mass is 10.1. The number of imidazole rings is 1. The van der Waals surface area contributed by atoms with E-state index in [-0.39, 0.29) is 17.5 Å². The third-order valence-electron chi connectivity index (χ3n) is 3.32. The highest BCUT2D eigenvalue weighted by atomic mass is 16.4. The zero-order valence-electron chi connectivity index (χ0n) is 12.5. The van der Waals surface area contributed by atoms with E-state index in [0.29, 0.717) is 16.9 Å². The Labute approximate surface area is 122 Å². The van der Waals surface area contributed by atoms with E-state index in [1.807, 2.05) is 13.8 Å². The lowest BCUT2D eigenvalue weighted by Crippen LogP contribution is -2.35. The molecule has 1 unspecified atom stereocenters. The molecule has 112 valence electrons. The zero-order chi connectivity index (χ0) is 15.7. The van der Waals surface area contributed by atoms with Gasteiger partial charge in [-0.1, -0.05) is 6.07 Å². The van der Waals surface area contributed by atoms with E-state index in [0.717, 1.165) is 0 Å². The highest BCUT2D eigenvalue weighted by Gasteiger charge is 2.22. The van der Waals surface area contributed by atoms with Crippen LogP contribution in [0, 0.1) is 6.92 Å². The fourth-order valence-corrected chi connectivity index (χ4v) is 2.42. The lowest BCUT2D eigenvalue weighted by molar-refractivity contribution is -0.124. The van der Waals surface area contributed by atoms with Crippen molar-refractivity contribution in [1.82, 2.24) is 14.9 Å². The molecule has 0 aliphatic heterocycles. The first-order valence-corrected chi connectivity index (χ1v) is 6.84. The molecule has 0 saturated heterocycles. The van der Waals surface area contributed by atoms with E-state index in [4.69, 9.17) is 0 Å². The number of aromatic nitrogens is 2. The van der Waals surface area contributed by atoms with Gasteiger partial charge in [-0.05, 0) is 39.8 Å². The molecule has 1 atom stereocenters. The van der Waals surface area contributed by atoms with Crippen LogP contribution in [0.3, 0.4) is 0 Å². The fourth-order valence-electron chi connectivity index (χ4n) is 2.42. The molecule has 0 fully saturated rings. The minimum atomic E-state index is -1.02. The van der Waals surface area contributed by atoms with Crippen molar-refractivity contribution in [3.05, 3.63) is 29.6 Å². The maximum Gasteiger partial charge on any atom is 0.337 e. The molecule has 0 saturated carbocycles. The number of fused-ring (bicyclic) bond motifs is 1. The third kappa shape index (κ3) is 2.74. The first kappa shape index (κ1) is 15.0. The fraction of sp³-hybridized carbons (Fsp3) is 0.400.